The van der Waals surface area contributed by atoms with E-state index in [2.05, 4.69) is 15.1 Å². The molecule has 278 valence electrons. The van der Waals surface area contributed by atoms with Gasteiger partial charge in [-0.1, -0.05) is 38.5 Å². The lowest BCUT2D eigenvalue weighted by Crippen LogP contribution is -2.48. The highest BCUT2D eigenvalue weighted by molar-refractivity contribution is 7.52. The van der Waals surface area contributed by atoms with E-state index >= 15 is 4.39 Å². The van der Waals surface area contributed by atoms with Gasteiger partial charge in [-0.05, 0) is 45.7 Å². The van der Waals surface area contributed by atoms with E-state index in [0.29, 0.717) is 15.6 Å². The van der Waals surface area contributed by atoms with Crippen LogP contribution in [0.2, 0.25) is 0 Å². The first-order chi connectivity index (χ1) is 23.4. The van der Waals surface area contributed by atoms with Crippen molar-refractivity contribution in [1.82, 2.24) is 19.5 Å². The molecule has 50 heavy (non-hydrogen) atoms. The number of aliphatic hydroxyl groups excluding tert-OH is 1. The predicted molar refractivity (Wildman–Crippen MR) is 174 cm³/mol. The number of hydrogen-bond acceptors (Lipinski definition) is 13. The van der Waals surface area contributed by atoms with Gasteiger partial charge in [-0.15, -0.1) is 0 Å². The Hall–Kier alpha value is -4.09. The molecule has 1 aromatic carbocycles. The van der Waals surface area contributed by atoms with Gasteiger partial charge >= 0.3 is 31.5 Å². The molecule has 0 unspecified atom stereocenters. The molecule has 19 heteroatoms. The lowest BCUT2D eigenvalue weighted by atomic mass is 9.98. The zero-order valence-electron chi connectivity index (χ0n) is 28.8. The van der Waals surface area contributed by atoms with E-state index in [4.69, 9.17) is 23.3 Å². The maximum Gasteiger partial charge on any atom is 0.459 e. The molecule has 17 nitrogen and oxygen atoms in total. The van der Waals surface area contributed by atoms with E-state index in [-0.39, 0.29) is 5.75 Å². The second-order valence-electron chi connectivity index (χ2n) is 12.0. The maximum absolute atomic E-state index is 16.1. The number of aliphatic hydroxyl groups is 1. The van der Waals surface area contributed by atoms with Gasteiger partial charge in [0.2, 0.25) is 0 Å². The monoisotopic (exact) mass is 730 g/mol. The average molecular weight is 731 g/mol. The average Bonchev–Trinajstić information content (AvgIpc) is 3.29. The standard InChI is InChI=1S/C31H44FN4O13P/c1-8-19(4)24(33-29(41)44-7)27(40)45-17-36-23(37)14-15-35(30(36)42)28-31(6,32)25(38)22(48-28)16-46-50(43,49-21-12-10-9-11-13-21)34-20(5)26(39)47-18(2)3/h9-15,18-20,22,24-25,28,38H,8,16-17H2,1-7H3,(H,33,41)(H,34,43)/t19-,20-,22+,24-,25+,28+,31+,50-/m0/s1. The summed E-state index contributed by atoms with van der Waals surface area (Å²) in [7, 11) is -3.33. The second-order valence-corrected chi connectivity index (χ2v) is 13.7. The third-order valence-electron chi connectivity index (χ3n) is 7.76. The molecular formula is C31H44FN4O13P. The van der Waals surface area contributed by atoms with Crippen LogP contribution in [0.1, 0.15) is 54.2 Å². The number of methoxy groups -OCH3 is 1. The van der Waals surface area contributed by atoms with Crippen LogP contribution in [0, 0.1) is 5.92 Å². The number of halogens is 1. The van der Waals surface area contributed by atoms with E-state index in [9.17, 15) is 33.6 Å². The number of esters is 2. The van der Waals surface area contributed by atoms with Crippen LogP contribution in [0.3, 0.4) is 0 Å². The molecular weight excluding hydrogens is 686 g/mol. The summed E-state index contributed by atoms with van der Waals surface area (Å²) in [6.45, 7) is 7.34. The van der Waals surface area contributed by atoms with Crippen LogP contribution in [0.5, 0.6) is 5.75 Å². The third kappa shape index (κ3) is 10.0. The molecule has 3 N–H and O–H groups in total. The zero-order chi connectivity index (χ0) is 37.4. The van der Waals surface area contributed by atoms with E-state index in [1.54, 1.807) is 45.9 Å². The van der Waals surface area contributed by atoms with Crippen LogP contribution in [-0.4, -0.2) is 82.1 Å². The molecule has 1 aliphatic rings. The fourth-order valence-corrected chi connectivity index (χ4v) is 6.26. The topological polar surface area (TPSA) is 212 Å². The van der Waals surface area contributed by atoms with Crippen molar-refractivity contribution in [3.8, 4) is 5.75 Å². The molecule has 1 aromatic heterocycles. The summed E-state index contributed by atoms with van der Waals surface area (Å²) < 4.78 is 62.8. The Kier molecular flexibility index (Phi) is 13.9. The van der Waals surface area contributed by atoms with Crippen LogP contribution >= 0.6 is 7.75 Å². The highest BCUT2D eigenvalue weighted by atomic mass is 31.2. The summed E-state index contributed by atoms with van der Waals surface area (Å²) in [6, 6.07) is 6.37. The first-order valence-corrected chi connectivity index (χ1v) is 17.3. The number of hydrogen-bond donors (Lipinski definition) is 3. The third-order valence-corrected chi connectivity index (χ3v) is 9.41. The van der Waals surface area contributed by atoms with Gasteiger partial charge in [0.1, 0.15) is 30.0 Å². The van der Waals surface area contributed by atoms with E-state index < -0.39 is 98.6 Å². The smallest absolute Gasteiger partial charge is 0.459 e. The number of alkyl carbamates (subject to hydrolysis) is 1. The molecule has 8 atom stereocenters. The van der Waals surface area contributed by atoms with Crippen molar-refractivity contribution < 1.29 is 56.4 Å². The Morgan fingerprint density at radius 1 is 1.10 bits per heavy atom. The minimum absolute atomic E-state index is 0.0971. The maximum atomic E-state index is 16.1. The number of benzene rings is 1. The largest absolute Gasteiger partial charge is 0.462 e. The van der Waals surface area contributed by atoms with Gasteiger partial charge in [-0.3, -0.25) is 18.7 Å². The molecule has 0 aliphatic carbocycles. The van der Waals surface area contributed by atoms with Gasteiger partial charge in [-0.2, -0.15) is 5.09 Å². The number of nitrogens with one attached hydrogen (secondary N) is 2. The minimum Gasteiger partial charge on any atom is -0.462 e. The summed E-state index contributed by atoms with van der Waals surface area (Å²) in [6.07, 6.45) is -5.34. The van der Waals surface area contributed by atoms with Crippen molar-refractivity contribution in [3.05, 3.63) is 63.4 Å². The van der Waals surface area contributed by atoms with Gasteiger partial charge < -0.3 is 33.9 Å². The number of amides is 1. The summed E-state index contributed by atoms with van der Waals surface area (Å²) in [5.41, 5.74) is -4.75. The van der Waals surface area contributed by atoms with Crippen LogP contribution < -0.4 is 26.2 Å². The number of nitrogens with zero attached hydrogens (tertiary/aromatic N) is 2. The number of carbonyl (C=O) groups is 3. The van der Waals surface area contributed by atoms with Crippen molar-refractivity contribution >= 4 is 25.8 Å². The number of rotatable bonds is 16. The van der Waals surface area contributed by atoms with Gasteiger partial charge in [0.25, 0.3) is 5.56 Å². The Bertz CT molecular complexity index is 1650. The Balaban J connectivity index is 1.83. The molecule has 1 fully saturated rings. The molecule has 1 amide bonds. The lowest BCUT2D eigenvalue weighted by Gasteiger charge is -2.26. The van der Waals surface area contributed by atoms with Gasteiger partial charge in [0.15, 0.2) is 18.6 Å². The van der Waals surface area contributed by atoms with Crippen LogP contribution in [0.25, 0.3) is 0 Å². The Morgan fingerprint density at radius 3 is 2.36 bits per heavy atom. The van der Waals surface area contributed by atoms with Gasteiger partial charge in [0, 0.05) is 12.3 Å². The zero-order valence-corrected chi connectivity index (χ0v) is 29.7. The molecule has 1 aliphatic heterocycles. The molecule has 0 bridgehead atoms. The summed E-state index contributed by atoms with van der Waals surface area (Å²) in [4.78, 5) is 63.1. The van der Waals surface area contributed by atoms with Crippen molar-refractivity contribution in [2.75, 3.05) is 13.7 Å². The highest BCUT2D eigenvalue weighted by Gasteiger charge is 2.56. The summed E-state index contributed by atoms with van der Waals surface area (Å²) in [5, 5.41) is 15.7. The molecule has 1 saturated heterocycles. The fourth-order valence-electron chi connectivity index (χ4n) is 4.76. The first-order valence-electron chi connectivity index (χ1n) is 15.8. The van der Waals surface area contributed by atoms with Crippen LogP contribution in [0.4, 0.5) is 9.18 Å². The van der Waals surface area contributed by atoms with E-state index in [0.717, 1.165) is 26.3 Å². The van der Waals surface area contributed by atoms with Gasteiger partial charge in [-0.25, -0.2) is 27.9 Å². The SMILES string of the molecule is CC[C@H](C)[C@H](NC(=O)OC)C(=O)OCn1c(=O)ccn([C@@H]2O[C@H](CO[P@@](=O)(N[C@@H](C)C(=O)OC(C)C)Oc3ccccc3)[C@@H](O)[C@@]2(C)F)c1=O. The number of aromatic nitrogens is 2. The quantitative estimate of drug-likeness (QED) is 0.129. The summed E-state index contributed by atoms with van der Waals surface area (Å²) >= 11 is 0. The van der Waals surface area contributed by atoms with Gasteiger partial charge in [0.05, 0.1) is 19.8 Å². The molecule has 0 radical (unpaired) electrons. The molecule has 2 aromatic rings. The predicted octanol–water partition coefficient (Wildman–Crippen LogP) is 2.40. The number of para-hydroxylation sites is 1. The Labute approximate surface area is 287 Å². The highest BCUT2D eigenvalue weighted by Crippen LogP contribution is 2.47. The number of ether oxygens (including phenoxy) is 4. The first kappa shape index (κ1) is 40.3. The molecule has 2 heterocycles. The van der Waals surface area contributed by atoms with E-state index in [1.807, 2.05) is 0 Å². The molecule has 3 rings (SSSR count). The summed E-state index contributed by atoms with van der Waals surface area (Å²) in [5.74, 6) is -2.04. The minimum atomic E-state index is -4.44. The normalized spacial score (nSPS) is 23.3. The molecule has 0 saturated carbocycles. The van der Waals surface area contributed by atoms with Crippen molar-refractivity contribution in [3.63, 3.8) is 0 Å². The lowest BCUT2D eigenvalue weighted by molar-refractivity contribution is -0.152. The van der Waals surface area contributed by atoms with E-state index in [1.165, 1.54) is 19.1 Å². The van der Waals surface area contributed by atoms with Crippen LogP contribution in [0.15, 0.2) is 52.2 Å². The molecule has 0 spiro atoms. The van der Waals surface area contributed by atoms with Crippen molar-refractivity contribution in [2.24, 2.45) is 5.92 Å². The fraction of sp³-hybridized carbons (Fsp3) is 0.581. The van der Waals surface area contributed by atoms with Crippen molar-refractivity contribution in [1.29, 1.82) is 0 Å². The van der Waals surface area contributed by atoms with Crippen LogP contribution in [-0.2, 0) is 44.4 Å². The Morgan fingerprint density at radius 2 is 1.76 bits per heavy atom. The second kappa shape index (κ2) is 17.2. The number of alkyl halides is 1. The number of carbonyl (C=O) groups excluding carboxylic acids is 3. The van der Waals surface area contributed by atoms with Crippen molar-refractivity contribution in [2.45, 2.75) is 97.0 Å².